The normalized spacial score (nSPS) is 12.1. The van der Waals surface area contributed by atoms with Crippen molar-refractivity contribution in [1.29, 1.82) is 0 Å². The molecule has 0 radical (unpaired) electrons. The first-order valence-electron chi connectivity index (χ1n) is 6.10. The third-order valence-electron chi connectivity index (χ3n) is 3.64. The van der Waals surface area contributed by atoms with Crippen LogP contribution in [0.4, 0.5) is 10.1 Å². The van der Waals surface area contributed by atoms with Gasteiger partial charge in [0.1, 0.15) is 5.82 Å². The van der Waals surface area contributed by atoms with Crippen LogP contribution in [0.5, 0.6) is 0 Å². The molecule has 0 unspecified atom stereocenters. The minimum Gasteiger partial charge on any atom is -0.478 e. The lowest BCUT2D eigenvalue weighted by molar-refractivity contribution is -0.126. The molecule has 110 valence electrons. The molecule has 1 amide bonds. The summed E-state index contributed by atoms with van der Waals surface area (Å²) in [6, 6.07) is 3.42. The Balaban J connectivity index is 2.98. The van der Waals surface area contributed by atoms with Crippen LogP contribution in [0.2, 0.25) is 0 Å². The van der Waals surface area contributed by atoms with Crippen LogP contribution in [0.15, 0.2) is 18.2 Å². The highest BCUT2D eigenvalue weighted by molar-refractivity contribution is 5.96. The number of carboxylic acids is 1. The molecule has 0 fully saturated rings. The lowest BCUT2D eigenvalue weighted by atomic mass is 9.74. The van der Waals surface area contributed by atoms with Gasteiger partial charge < -0.3 is 16.2 Å². The van der Waals surface area contributed by atoms with Gasteiger partial charge in [0, 0.05) is 11.2 Å². The second-order valence-corrected chi connectivity index (χ2v) is 5.80. The van der Waals surface area contributed by atoms with Gasteiger partial charge in [-0.05, 0) is 45.9 Å². The molecular weight excluding hydrogens is 263 g/mol. The Morgan fingerprint density at radius 3 is 2.20 bits per heavy atom. The molecule has 20 heavy (non-hydrogen) atoms. The summed E-state index contributed by atoms with van der Waals surface area (Å²) in [5, 5.41) is 11.3. The maximum Gasteiger partial charge on any atom is 0.338 e. The number of nitrogens with two attached hydrogens (primary N) is 1. The molecule has 0 spiro atoms. The number of nitrogens with one attached hydrogen (secondary N) is 1. The van der Waals surface area contributed by atoms with E-state index in [1.54, 1.807) is 27.7 Å². The number of hydrogen-bond acceptors (Lipinski definition) is 3. The van der Waals surface area contributed by atoms with E-state index in [4.69, 9.17) is 10.8 Å². The summed E-state index contributed by atoms with van der Waals surface area (Å²) in [4.78, 5) is 22.9. The molecular formula is C14H19FN2O3. The molecule has 1 rings (SSSR count). The Hall–Kier alpha value is -1.95. The first kappa shape index (κ1) is 16.1. The van der Waals surface area contributed by atoms with Crippen LogP contribution in [-0.2, 0) is 4.79 Å². The second kappa shape index (κ2) is 5.20. The van der Waals surface area contributed by atoms with E-state index in [1.165, 1.54) is 6.07 Å². The van der Waals surface area contributed by atoms with Gasteiger partial charge in [-0.15, -0.1) is 0 Å². The van der Waals surface area contributed by atoms with Gasteiger partial charge in [0.2, 0.25) is 5.91 Å². The molecule has 6 heteroatoms. The average molecular weight is 282 g/mol. The highest BCUT2D eigenvalue weighted by Gasteiger charge is 2.40. The van der Waals surface area contributed by atoms with E-state index in [0.29, 0.717) is 0 Å². The lowest BCUT2D eigenvalue weighted by Gasteiger charge is -2.36. The quantitative estimate of drug-likeness (QED) is 0.789. The van der Waals surface area contributed by atoms with Crippen LogP contribution in [-0.4, -0.2) is 22.5 Å². The van der Waals surface area contributed by atoms with E-state index >= 15 is 0 Å². The van der Waals surface area contributed by atoms with Crippen LogP contribution in [0, 0.1) is 11.2 Å². The summed E-state index contributed by atoms with van der Waals surface area (Å²) in [6.07, 6.45) is 0. The Labute approximate surface area is 117 Å². The van der Waals surface area contributed by atoms with E-state index in [-0.39, 0.29) is 11.6 Å². The maximum absolute atomic E-state index is 13.5. The summed E-state index contributed by atoms with van der Waals surface area (Å²) in [7, 11) is 0. The van der Waals surface area contributed by atoms with E-state index in [1.807, 2.05) is 0 Å². The molecule has 0 aliphatic carbocycles. The number of carbonyl (C=O) groups is 2. The molecule has 0 atom stereocenters. The van der Waals surface area contributed by atoms with Crippen LogP contribution in [0.25, 0.3) is 0 Å². The standard InChI is InChI=1S/C14H19FN2O3/c1-13(2,14(3,4)16)12(20)17-8-5-6-9(11(18)19)10(15)7-8/h5-7H,16H2,1-4H3,(H,17,20)(H,18,19). The van der Waals surface area contributed by atoms with Gasteiger partial charge in [0.15, 0.2) is 0 Å². The van der Waals surface area contributed by atoms with Crippen molar-refractivity contribution in [3.63, 3.8) is 0 Å². The van der Waals surface area contributed by atoms with Crippen molar-refractivity contribution in [2.75, 3.05) is 5.32 Å². The molecule has 5 nitrogen and oxygen atoms in total. The van der Waals surface area contributed by atoms with Crippen molar-refractivity contribution >= 4 is 17.6 Å². The van der Waals surface area contributed by atoms with Crippen LogP contribution in [0.3, 0.4) is 0 Å². The van der Waals surface area contributed by atoms with Crippen molar-refractivity contribution in [1.82, 2.24) is 0 Å². The van der Waals surface area contributed by atoms with Crippen molar-refractivity contribution in [2.45, 2.75) is 33.2 Å². The summed E-state index contributed by atoms with van der Waals surface area (Å²) >= 11 is 0. The molecule has 0 saturated heterocycles. The Bertz CT molecular complexity index is 548. The minimum atomic E-state index is -1.36. The van der Waals surface area contributed by atoms with Crippen molar-refractivity contribution in [3.8, 4) is 0 Å². The lowest BCUT2D eigenvalue weighted by Crippen LogP contribution is -2.53. The van der Waals surface area contributed by atoms with Crippen LogP contribution in [0.1, 0.15) is 38.1 Å². The average Bonchev–Trinajstić information content (AvgIpc) is 2.26. The van der Waals surface area contributed by atoms with Gasteiger partial charge in [-0.25, -0.2) is 9.18 Å². The number of benzene rings is 1. The molecule has 1 aromatic carbocycles. The topological polar surface area (TPSA) is 92.4 Å². The third-order valence-corrected chi connectivity index (χ3v) is 3.64. The molecule has 0 aromatic heterocycles. The highest BCUT2D eigenvalue weighted by atomic mass is 19.1. The van der Waals surface area contributed by atoms with E-state index < -0.39 is 28.3 Å². The van der Waals surface area contributed by atoms with E-state index in [9.17, 15) is 14.0 Å². The van der Waals surface area contributed by atoms with Gasteiger partial charge in [-0.2, -0.15) is 0 Å². The van der Waals surface area contributed by atoms with Gasteiger partial charge in [0.05, 0.1) is 11.0 Å². The maximum atomic E-state index is 13.5. The predicted octanol–water partition coefficient (Wildman–Crippen LogP) is 2.23. The summed E-state index contributed by atoms with van der Waals surface area (Å²) in [6.45, 7) is 6.82. The first-order valence-corrected chi connectivity index (χ1v) is 6.10. The molecule has 4 N–H and O–H groups in total. The van der Waals surface area contributed by atoms with E-state index in [0.717, 1.165) is 12.1 Å². The monoisotopic (exact) mass is 282 g/mol. The summed E-state index contributed by atoms with van der Waals surface area (Å²) in [5.41, 5.74) is 4.05. The largest absolute Gasteiger partial charge is 0.478 e. The van der Waals surface area contributed by atoms with Gasteiger partial charge in [-0.3, -0.25) is 4.79 Å². The number of rotatable bonds is 4. The molecule has 0 aliphatic heterocycles. The van der Waals surface area contributed by atoms with Crippen molar-refractivity contribution in [2.24, 2.45) is 11.1 Å². The second-order valence-electron chi connectivity index (χ2n) is 5.80. The van der Waals surface area contributed by atoms with Crippen molar-refractivity contribution in [3.05, 3.63) is 29.6 Å². The predicted molar refractivity (Wildman–Crippen MR) is 74.0 cm³/mol. The number of carbonyl (C=O) groups excluding carboxylic acids is 1. The molecule has 0 bridgehead atoms. The molecule has 0 saturated carbocycles. The summed E-state index contributed by atoms with van der Waals surface area (Å²) < 4.78 is 13.5. The zero-order valence-electron chi connectivity index (χ0n) is 12.0. The Morgan fingerprint density at radius 1 is 1.25 bits per heavy atom. The highest BCUT2D eigenvalue weighted by Crippen LogP contribution is 2.30. The Kier molecular flexibility index (Phi) is 4.19. The molecule has 0 heterocycles. The van der Waals surface area contributed by atoms with Crippen LogP contribution >= 0.6 is 0 Å². The fourth-order valence-electron chi connectivity index (χ4n) is 1.35. The number of hydrogen-bond donors (Lipinski definition) is 3. The fourth-order valence-corrected chi connectivity index (χ4v) is 1.35. The number of anilines is 1. The summed E-state index contributed by atoms with van der Waals surface area (Å²) in [5.74, 6) is -2.63. The van der Waals surface area contributed by atoms with Crippen LogP contribution < -0.4 is 11.1 Å². The number of aromatic carboxylic acids is 1. The SMILES string of the molecule is CC(C)(N)C(C)(C)C(=O)Nc1ccc(C(=O)O)c(F)c1. The van der Waals surface area contributed by atoms with Gasteiger partial charge >= 0.3 is 5.97 Å². The minimum absolute atomic E-state index is 0.190. The third kappa shape index (κ3) is 3.14. The number of amides is 1. The fraction of sp³-hybridized carbons (Fsp3) is 0.429. The first-order chi connectivity index (χ1) is 8.96. The zero-order chi connectivity index (χ0) is 15.7. The smallest absolute Gasteiger partial charge is 0.338 e. The van der Waals surface area contributed by atoms with Gasteiger partial charge in [0.25, 0.3) is 0 Å². The van der Waals surface area contributed by atoms with Gasteiger partial charge in [-0.1, -0.05) is 0 Å². The zero-order valence-corrected chi connectivity index (χ0v) is 12.0. The van der Waals surface area contributed by atoms with E-state index in [2.05, 4.69) is 5.32 Å². The number of halogens is 1. The number of carboxylic acid groups (broad SMARTS) is 1. The van der Waals surface area contributed by atoms with Crippen molar-refractivity contribution < 1.29 is 19.1 Å². The Morgan fingerprint density at radius 2 is 1.80 bits per heavy atom. The molecule has 1 aromatic rings. The molecule has 0 aliphatic rings.